The van der Waals surface area contributed by atoms with Gasteiger partial charge in [-0.2, -0.15) is 4.98 Å². The van der Waals surface area contributed by atoms with Crippen LogP contribution in [-0.2, 0) is 11.3 Å². The van der Waals surface area contributed by atoms with Crippen molar-refractivity contribution in [2.24, 2.45) is 5.73 Å². The fourth-order valence-electron chi connectivity index (χ4n) is 2.71. The number of aliphatic hydroxyl groups excluding tert-OH is 3. The maximum Gasteiger partial charge on any atom is 0.262 e. The number of fused-ring (bicyclic) bond motifs is 1. The van der Waals surface area contributed by atoms with Crippen molar-refractivity contribution in [1.29, 1.82) is 0 Å². The van der Waals surface area contributed by atoms with Gasteiger partial charge in [0.05, 0.1) is 12.0 Å². The van der Waals surface area contributed by atoms with Gasteiger partial charge in [0.15, 0.2) is 11.9 Å². The van der Waals surface area contributed by atoms with Crippen LogP contribution in [0.1, 0.15) is 11.8 Å². The molecule has 0 aliphatic carbocycles. The van der Waals surface area contributed by atoms with Gasteiger partial charge in [0.2, 0.25) is 5.95 Å². The molecule has 0 bridgehead atoms. The van der Waals surface area contributed by atoms with Crippen LogP contribution in [-0.4, -0.2) is 54.8 Å². The van der Waals surface area contributed by atoms with Gasteiger partial charge in [-0.25, -0.2) is 0 Å². The minimum atomic E-state index is -1.29. The number of hydrogen-bond donors (Lipinski definition) is 6. The third-order valence-electron chi connectivity index (χ3n) is 3.79. The lowest BCUT2D eigenvalue weighted by Gasteiger charge is -2.17. The Balaban J connectivity index is 2.18. The van der Waals surface area contributed by atoms with Crippen LogP contribution in [0.4, 0.5) is 5.95 Å². The number of nitrogens with zero attached hydrogens (tertiary/aromatic N) is 2. The molecule has 0 amide bonds. The number of H-pyrrole nitrogens is 1. The Morgan fingerprint density at radius 3 is 2.73 bits per heavy atom. The van der Waals surface area contributed by atoms with Crippen LogP contribution in [0.25, 0.3) is 11.0 Å². The molecule has 3 heterocycles. The average molecular weight is 311 g/mol. The lowest BCUT2D eigenvalue weighted by molar-refractivity contribution is -0.0509. The molecule has 1 aliphatic rings. The maximum absolute atomic E-state index is 12.0. The Kier molecular flexibility index (Phi) is 3.62. The largest absolute Gasteiger partial charge is 0.394 e. The molecule has 0 radical (unpaired) electrons. The highest BCUT2D eigenvalue weighted by Crippen LogP contribution is 2.32. The van der Waals surface area contributed by atoms with Crippen molar-refractivity contribution in [3.05, 3.63) is 22.1 Å². The molecule has 22 heavy (non-hydrogen) atoms. The quantitative estimate of drug-likeness (QED) is 0.357. The van der Waals surface area contributed by atoms with Crippen LogP contribution < -0.4 is 17.0 Å². The topological polar surface area (TPSA) is 173 Å². The van der Waals surface area contributed by atoms with E-state index >= 15 is 0 Å². The number of aromatic amines is 1. The van der Waals surface area contributed by atoms with E-state index in [1.807, 2.05) is 0 Å². The molecule has 1 unspecified atom stereocenters. The fourth-order valence-corrected chi connectivity index (χ4v) is 2.71. The van der Waals surface area contributed by atoms with Crippen LogP contribution in [0, 0.1) is 0 Å². The van der Waals surface area contributed by atoms with E-state index in [0.29, 0.717) is 5.56 Å². The molecule has 3 rings (SSSR count). The maximum atomic E-state index is 12.0. The number of rotatable bonds is 3. The molecule has 0 spiro atoms. The van der Waals surface area contributed by atoms with Crippen LogP contribution >= 0.6 is 0 Å². The van der Waals surface area contributed by atoms with E-state index in [1.54, 1.807) is 0 Å². The lowest BCUT2D eigenvalue weighted by atomic mass is 10.1. The first kappa shape index (κ1) is 14.9. The summed E-state index contributed by atoms with van der Waals surface area (Å²) in [6.45, 7) is -0.374. The minimum Gasteiger partial charge on any atom is -0.394 e. The Bertz CT molecular complexity index is 756. The summed E-state index contributed by atoms with van der Waals surface area (Å²) in [5.41, 5.74) is 11.4. The summed E-state index contributed by atoms with van der Waals surface area (Å²) < 4.78 is 6.84. The predicted molar refractivity (Wildman–Crippen MR) is 75.7 cm³/mol. The molecule has 4 atom stereocenters. The van der Waals surface area contributed by atoms with Crippen LogP contribution in [0.3, 0.4) is 0 Å². The van der Waals surface area contributed by atoms with Crippen molar-refractivity contribution in [3.8, 4) is 0 Å². The third-order valence-corrected chi connectivity index (χ3v) is 3.79. The minimum absolute atomic E-state index is 0.0764. The first-order valence-electron chi connectivity index (χ1n) is 6.69. The van der Waals surface area contributed by atoms with Gasteiger partial charge < -0.3 is 36.1 Å². The summed E-state index contributed by atoms with van der Waals surface area (Å²) in [5, 5.41) is 29.4. The number of anilines is 1. The Labute approximate surface area is 123 Å². The molecule has 1 aliphatic heterocycles. The molecule has 0 saturated carbocycles. The summed E-state index contributed by atoms with van der Waals surface area (Å²) in [6, 6.07) is 0. The molecule has 2 aromatic rings. The zero-order chi connectivity index (χ0) is 16.0. The number of hydrogen-bond acceptors (Lipinski definition) is 8. The van der Waals surface area contributed by atoms with Crippen molar-refractivity contribution >= 4 is 17.0 Å². The molecule has 0 aromatic carbocycles. The summed E-state index contributed by atoms with van der Waals surface area (Å²) in [7, 11) is 0. The lowest BCUT2D eigenvalue weighted by Crippen LogP contribution is -2.33. The van der Waals surface area contributed by atoms with Crippen molar-refractivity contribution in [2.45, 2.75) is 31.1 Å². The van der Waals surface area contributed by atoms with E-state index in [2.05, 4.69) is 9.97 Å². The zero-order valence-corrected chi connectivity index (χ0v) is 11.5. The van der Waals surface area contributed by atoms with Gasteiger partial charge >= 0.3 is 0 Å². The van der Waals surface area contributed by atoms with Crippen molar-refractivity contribution in [1.82, 2.24) is 14.5 Å². The predicted octanol–water partition coefficient (Wildman–Crippen LogP) is -2.62. The van der Waals surface area contributed by atoms with Gasteiger partial charge in [0.1, 0.15) is 18.3 Å². The van der Waals surface area contributed by atoms with Crippen molar-refractivity contribution in [2.75, 3.05) is 12.3 Å². The van der Waals surface area contributed by atoms with E-state index in [-0.39, 0.29) is 23.5 Å². The molecule has 10 nitrogen and oxygen atoms in total. The first-order chi connectivity index (χ1) is 10.5. The van der Waals surface area contributed by atoms with E-state index in [4.69, 9.17) is 21.3 Å². The zero-order valence-electron chi connectivity index (χ0n) is 11.5. The van der Waals surface area contributed by atoms with Gasteiger partial charge in [-0.3, -0.25) is 9.78 Å². The normalized spacial score (nSPS) is 28.5. The second-order valence-corrected chi connectivity index (χ2v) is 5.14. The highest BCUT2D eigenvalue weighted by atomic mass is 16.6. The Morgan fingerprint density at radius 2 is 2.14 bits per heavy atom. The fraction of sp³-hybridized carbons (Fsp3) is 0.500. The Morgan fingerprint density at radius 1 is 1.41 bits per heavy atom. The van der Waals surface area contributed by atoms with Crippen molar-refractivity contribution < 1.29 is 20.1 Å². The van der Waals surface area contributed by atoms with Gasteiger partial charge in [-0.1, -0.05) is 0 Å². The van der Waals surface area contributed by atoms with Gasteiger partial charge in [-0.15, -0.1) is 0 Å². The van der Waals surface area contributed by atoms with Crippen molar-refractivity contribution in [3.63, 3.8) is 0 Å². The molecular weight excluding hydrogens is 294 g/mol. The standard InChI is InChI=1S/C12H17N5O5/c13-1-4-2-17(9-6(4)10(21)16-12(14)15-9)11-8(20)7(19)5(3-18)22-11/h2,5,7-8,11,18-20H,1,3,13H2,(H3,14,15,16,21)/t5-,7+,8?,11-/m1/s1. The monoisotopic (exact) mass is 311 g/mol. The molecule has 2 aromatic heterocycles. The molecule has 1 saturated heterocycles. The van der Waals surface area contributed by atoms with Gasteiger partial charge in [0, 0.05) is 12.7 Å². The molecule has 120 valence electrons. The summed E-state index contributed by atoms with van der Waals surface area (Å²) in [4.78, 5) is 18.5. The SMILES string of the molecule is NCc1cn([C@@H]2O[C@H](CO)[C@H](O)C2O)c2nc(N)[nH]c(=O)c12. The smallest absolute Gasteiger partial charge is 0.262 e. The number of aliphatic hydroxyl groups is 3. The number of nitrogens with one attached hydrogen (secondary N) is 1. The summed E-state index contributed by atoms with van der Waals surface area (Å²) in [6.07, 6.45) is -2.97. The highest BCUT2D eigenvalue weighted by molar-refractivity contribution is 5.80. The molecule has 1 fully saturated rings. The second kappa shape index (κ2) is 5.34. The second-order valence-electron chi connectivity index (χ2n) is 5.14. The number of nitrogens with two attached hydrogens (primary N) is 2. The van der Waals surface area contributed by atoms with Crippen LogP contribution in [0.2, 0.25) is 0 Å². The molecular formula is C12H17N5O5. The highest BCUT2D eigenvalue weighted by Gasteiger charge is 2.44. The first-order valence-corrected chi connectivity index (χ1v) is 6.69. The van der Waals surface area contributed by atoms with Gasteiger partial charge in [-0.05, 0) is 5.56 Å². The summed E-state index contributed by atoms with van der Waals surface area (Å²) in [5.74, 6) is -0.0906. The third kappa shape index (κ3) is 2.09. The number of aromatic nitrogens is 3. The molecule has 10 heteroatoms. The van der Waals surface area contributed by atoms with Crippen LogP contribution in [0.5, 0.6) is 0 Å². The average Bonchev–Trinajstić information content (AvgIpc) is 2.98. The van der Waals surface area contributed by atoms with E-state index < -0.39 is 36.7 Å². The number of ether oxygens (including phenoxy) is 1. The molecule has 8 N–H and O–H groups in total. The van der Waals surface area contributed by atoms with Crippen LogP contribution in [0.15, 0.2) is 11.0 Å². The van der Waals surface area contributed by atoms with E-state index in [0.717, 1.165) is 0 Å². The van der Waals surface area contributed by atoms with E-state index in [1.165, 1.54) is 10.8 Å². The summed E-state index contributed by atoms with van der Waals surface area (Å²) >= 11 is 0. The Hall–Kier alpha value is -1.98. The van der Waals surface area contributed by atoms with E-state index in [9.17, 15) is 15.0 Å². The number of nitrogen functional groups attached to an aromatic ring is 1. The van der Waals surface area contributed by atoms with Gasteiger partial charge in [0.25, 0.3) is 5.56 Å².